The van der Waals surface area contributed by atoms with Crippen LogP contribution in [0.2, 0.25) is 0 Å². The van der Waals surface area contributed by atoms with Crippen LogP contribution >= 0.6 is 0 Å². The Labute approximate surface area is 125 Å². The van der Waals surface area contributed by atoms with Gasteiger partial charge in [0.2, 0.25) is 0 Å². The molecule has 21 heavy (non-hydrogen) atoms. The van der Waals surface area contributed by atoms with Gasteiger partial charge < -0.3 is 19.9 Å². The highest BCUT2D eigenvalue weighted by Gasteiger charge is 2.13. The zero-order valence-electron chi connectivity index (χ0n) is 12.6. The van der Waals surface area contributed by atoms with Gasteiger partial charge in [0.1, 0.15) is 5.75 Å². The number of ether oxygens (including phenoxy) is 2. The van der Waals surface area contributed by atoms with Crippen LogP contribution in [0.1, 0.15) is 24.9 Å². The van der Waals surface area contributed by atoms with Gasteiger partial charge in [0.25, 0.3) is 0 Å². The maximum absolute atomic E-state index is 9.54. The standard InChI is InChI=1S/C17H21NO3/c1-4-15(18-13-6-5-7-14(19)11-13)12-8-9-16(20-2)17(10-12)21-3/h5-11,15,18-19H,4H2,1-3H3. The van der Waals surface area contributed by atoms with Gasteiger partial charge in [-0.2, -0.15) is 0 Å². The second-order valence-electron chi connectivity index (χ2n) is 4.77. The lowest BCUT2D eigenvalue weighted by Crippen LogP contribution is -2.10. The summed E-state index contributed by atoms with van der Waals surface area (Å²) in [4.78, 5) is 0. The number of aromatic hydroxyl groups is 1. The SMILES string of the molecule is CCC(Nc1cccc(O)c1)c1ccc(OC)c(OC)c1. The molecule has 0 saturated heterocycles. The molecule has 1 unspecified atom stereocenters. The first kappa shape index (κ1) is 15.0. The quantitative estimate of drug-likeness (QED) is 0.844. The van der Waals surface area contributed by atoms with Crippen molar-refractivity contribution in [2.75, 3.05) is 19.5 Å². The molecule has 0 bridgehead atoms. The fourth-order valence-electron chi connectivity index (χ4n) is 2.29. The topological polar surface area (TPSA) is 50.7 Å². The Hall–Kier alpha value is -2.36. The van der Waals surface area contributed by atoms with Gasteiger partial charge in [-0.05, 0) is 36.2 Å². The third-order valence-electron chi connectivity index (χ3n) is 3.41. The lowest BCUT2D eigenvalue weighted by Gasteiger charge is -2.20. The van der Waals surface area contributed by atoms with Crippen LogP contribution in [0.3, 0.4) is 0 Å². The molecule has 0 spiro atoms. The van der Waals surface area contributed by atoms with Crippen LogP contribution in [0.5, 0.6) is 17.2 Å². The van der Waals surface area contributed by atoms with Crippen molar-refractivity contribution in [3.05, 3.63) is 48.0 Å². The molecule has 4 heteroatoms. The van der Waals surface area contributed by atoms with E-state index in [1.54, 1.807) is 26.4 Å². The maximum Gasteiger partial charge on any atom is 0.161 e. The minimum absolute atomic E-state index is 0.131. The molecule has 4 nitrogen and oxygen atoms in total. The highest BCUT2D eigenvalue weighted by molar-refractivity contribution is 5.51. The van der Waals surface area contributed by atoms with Gasteiger partial charge in [0.15, 0.2) is 11.5 Å². The van der Waals surface area contributed by atoms with E-state index in [1.807, 2.05) is 30.3 Å². The summed E-state index contributed by atoms with van der Waals surface area (Å²) >= 11 is 0. The molecule has 0 aliphatic heterocycles. The van der Waals surface area contributed by atoms with E-state index in [0.717, 1.165) is 17.7 Å². The second-order valence-corrected chi connectivity index (χ2v) is 4.77. The van der Waals surface area contributed by atoms with Crippen LogP contribution in [0.25, 0.3) is 0 Å². The van der Waals surface area contributed by atoms with Crippen molar-refractivity contribution in [3.63, 3.8) is 0 Å². The number of benzene rings is 2. The van der Waals surface area contributed by atoms with Crippen LogP contribution in [0, 0.1) is 0 Å². The Morgan fingerprint density at radius 1 is 1.05 bits per heavy atom. The molecular formula is C17H21NO3. The maximum atomic E-state index is 9.54. The van der Waals surface area contributed by atoms with E-state index >= 15 is 0 Å². The van der Waals surface area contributed by atoms with Crippen molar-refractivity contribution < 1.29 is 14.6 Å². The predicted octanol–water partition coefficient (Wildman–Crippen LogP) is 3.97. The van der Waals surface area contributed by atoms with E-state index in [1.165, 1.54) is 0 Å². The summed E-state index contributed by atoms with van der Waals surface area (Å²) < 4.78 is 10.6. The molecule has 0 aliphatic rings. The van der Waals surface area contributed by atoms with Crippen molar-refractivity contribution in [2.24, 2.45) is 0 Å². The lowest BCUT2D eigenvalue weighted by molar-refractivity contribution is 0.354. The first-order valence-electron chi connectivity index (χ1n) is 6.95. The smallest absolute Gasteiger partial charge is 0.161 e. The number of phenolic OH excluding ortho intramolecular Hbond substituents is 1. The molecule has 1 atom stereocenters. The van der Waals surface area contributed by atoms with E-state index in [0.29, 0.717) is 11.5 Å². The van der Waals surface area contributed by atoms with E-state index < -0.39 is 0 Å². The molecule has 0 saturated carbocycles. The number of hydrogen-bond acceptors (Lipinski definition) is 4. The van der Waals surface area contributed by atoms with E-state index in [2.05, 4.69) is 12.2 Å². The molecular weight excluding hydrogens is 266 g/mol. The summed E-state index contributed by atoms with van der Waals surface area (Å²) in [5.41, 5.74) is 2.00. The van der Waals surface area contributed by atoms with Crippen molar-refractivity contribution in [1.82, 2.24) is 0 Å². The van der Waals surface area contributed by atoms with Gasteiger partial charge in [-0.1, -0.05) is 19.1 Å². The number of anilines is 1. The van der Waals surface area contributed by atoms with Gasteiger partial charge in [0.05, 0.1) is 20.3 Å². The normalized spacial score (nSPS) is 11.8. The van der Waals surface area contributed by atoms with Crippen LogP contribution in [0.15, 0.2) is 42.5 Å². The average molecular weight is 287 g/mol. The fourth-order valence-corrected chi connectivity index (χ4v) is 2.29. The van der Waals surface area contributed by atoms with Gasteiger partial charge in [-0.15, -0.1) is 0 Å². The van der Waals surface area contributed by atoms with Crippen LogP contribution in [-0.4, -0.2) is 19.3 Å². The third kappa shape index (κ3) is 3.60. The molecule has 2 aromatic carbocycles. The second kappa shape index (κ2) is 6.88. The minimum Gasteiger partial charge on any atom is -0.508 e. The zero-order valence-corrected chi connectivity index (χ0v) is 12.6. The van der Waals surface area contributed by atoms with Crippen molar-refractivity contribution in [2.45, 2.75) is 19.4 Å². The number of hydrogen-bond donors (Lipinski definition) is 2. The molecule has 0 fully saturated rings. The first-order chi connectivity index (χ1) is 10.2. The molecule has 2 rings (SSSR count). The largest absolute Gasteiger partial charge is 0.508 e. The van der Waals surface area contributed by atoms with Crippen molar-refractivity contribution in [1.29, 1.82) is 0 Å². The molecule has 0 radical (unpaired) electrons. The highest BCUT2D eigenvalue weighted by atomic mass is 16.5. The average Bonchev–Trinajstić information content (AvgIpc) is 2.52. The number of rotatable bonds is 6. The first-order valence-corrected chi connectivity index (χ1v) is 6.95. The lowest BCUT2D eigenvalue weighted by atomic mass is 10.0. The summed E-state index contributed by atoms with van der Waals surface area (Å²) in [5, 5.41) is 13.0. The van der Waals surface area contributed by atoms with Crippen LogP contribution in [-0.2, 0) is 0 Å². The summed E-state index contributed by atoms with van der Waals surface area (Å²) in [5.74, 6) is 1.68. The molecule has 0 aliphatic carbocycles. The number of phenols is 1. The van der Waals surface area contributed by atoms with E-state index in [9.17, 15) is 5.11 Å². The van der Waals surface area contributed by atoms with E-state index in [4.69, 9.17) is 9.47 Å². The molecule has 2 N–H and O–H groups in total. The van der Waals surface area contributed by atoms with Crippen molar-refractivity contribution >= 4 is 5.69 Å². The summed E-state index contributed by atoms with van der Waals surface area (Å²) in [6.45, 7) is 2.11. The fraction of sp³-hybridized carbons (Fsp3) is 0.294. The highest BCUT2D eigenvalue weighted by Crippen LogP contribution is 2.32. The van der Waals surface area contributed by atoms with Crippen LogP contribution < -0.4 is 14.8 Å². The summed E-state index contributed by atoms with van der Waals surface area (Å²) in [6, 6.07) is 13.1. The monoisotopic (exact) mass is 287 g/mol. The number of methoxy groups -OCH3 is 2. The van der Waals surface area contributed by atoms with E-state index in [-0.39, 0.29) is 11.8 Å². The Morgan fingerprint density at radius 2 is 1.81 bits per heavy atom. The summed E-state index contributed by atoms with van der Waals surface area (Å²) in [6.07, 6.45) is 0.908. The van der Waals surface area contributed by atoms with Crippen molar-refractivity contribution in [3.8, 4) is 17.2 Å². The Bertz CT molecular complexity index is 598. The van der Waals surface area contributed by atoms with Gasteiger partial charge in [-0.3, -0.25) is 0 Å². The zero-order chi connectivity index (χ0) is 15.2. The van der Waals surface area contributed by atoms with Crippen LogP contribution in [0.4, 0.5) is 5.69 Å². The predicted molar refractivity (Wildman–Crippen MR) is 84.3 cm³/mol. The Balaban J connectivity index is 2.25. The summed E-state index contributed by atoms with van der Waals surface area (Å²) in [7, 11) is 3.26. The molecule has 112 valence electrons. The minimum atomic E-state index is 0.131. The molecule has 0 aromatic heterocycles. The number of nitrogens with one attached hydrogen (secondary N) is 1. The Kier molecular flexibility index (Phi) is 4.93. The molecule has 0 amide bonds. The van der Waals surface area contributed by atoms with Gasteiger partial charge in [0, 0.05) is 11.8 Å². The molecule has 2 aromatic rings. The van der Waals surface area contributed by atoms with Gasteiger partial charge >= 0.3 is 0 Å². The van der Waals surface area contributed by atoms with Gasteiger partial charge in [-0.25, -0.2) is 0 Å². The third-order valence-corrected chi connectivity index (χ3v) is 3.41. The molecule has 0 heterocycles. The Morgan fingerprint density at radius 3 is 2.43 bits per heavy atom.